The maximum Gasteiger partial charge on any atom is 0.342 e. The first-order valence-corrected chi connectivity index (χ1v) is 14.3. The van der Waals surface area contributed by atoms with E-state index in [2.05, 4.69) is 17.0 Å². The van der Waals surface area contributed by atoms with Crippen molar-refractivity contribution in [2.45, 2.75) is 31.2 Å². The van der Waals surface area contributed by atoms with Crippen LogP contribution in [0.3, 0.4) is 0 Å². The molecule has 4 aromatic carbocycles. The molecular formula is C34H28ClN3O3. The molecule has 204 valence electrons. The maximum absolute atomic E-state index is 14.9. The molecule has 2 atom stereocenters. The molecule has 2 fully saturated rings. The Balaban J connectivity index is 1.45. The SMILES string of the molecule is O=C1N(c2ccccc2)C(=O)C2(Cc3ccc(Cl)cc3N3CC[C@H](c4ccccc4)C[C@H]32)C(=O)N1c1ccccc1. The van der Waals surface area contributed by atoms with E-state index in [9.17, 15) is 14.4 Å². The van der Waals surface area contributed by atoms with E-state index in [4.69, 9.17) is 11.6 Å². The highest BCUT2D eigenvalue weighted by atomic mass is 35.5. The number of nitrogens with zero attached hydrogens (tertiary/aromatic N) is 3. The van der Waals surface area contributed by atoms with Gasteiger partial charge in [0.15, 0.2) is 5.41 Å². The largest absolute Gasteiger partial charge is 0.367 e. The third-order valence-corrected chi connectivity index (χ3v) is 9.08. The van der Waals surface area contributed by atoms with Crippen molar-refractivity contribution >= 4 is 46.5 Å². The minimum Gasteiger partial charge on any atom is -0.367 e. The Morgan fingerprint density at radius 3 is 1.85 bits per heavy atom. The van der Waals surface area contributed by atoms with Crippen LogP contribution in [0.5, 0.6) is 0 Å². The molecule has 1 spiro atoms. The number of carbonyl (C=O) groups excluding carboxylic acids is 3. The standard InChI is InChI=1S/C34H28ClN3O3/c35-26-17-16-25-22-34(30-20-24(23-10-4-1-5-11-23)18-19-36(30)29(25)21-26)31(39)37(27-12-6-2-7-13-27)33(41)38(32(34)40)28-14-8-3-9-15-28/h1-17,21,24,30H,18-20,22H2/t24-,30-/m0/s1. The van der Waals surface area contributed by atoms with Gasteiger partial charge in [0.1, 0.15) is 0 Å². The van der Waals surface area contributed by atoms with Crippen molar-refractivity contribution in [3.8, 4) is 0 Å². The topological polar surface area (TPSA) is 60.9 Å². The van der Waals surface area contributed by atoms with Crippen LogP contribution in [0.25, 0.3) is 0 Å². The fraction of sp³-hybridized carbons (Fsp3) is 0.206. The Labute approximate surface area is 243 Å². The van der Waals surface area contributed by atoms with E-state index in [1.54, 1.807) is 54.6 Å². The second-order valence-corrected chi connectivity index (χ2v) is 11.4. The van der Waals surface area contributed by atoms with E-state index in [-0.39, 0.29) is 12.3 Å². The maximum atomic E-state index is 14.9. The molecule has 0 bridgehead atoms. The number of imide groups is 2. The number of piperidine rings is 1. The Hall–Kier alpha value is -4.42. The van der Waals surface area contributed by atoms with Crippen molar-refractivity contribution in [3.63, 3.8) is 0 Å². The van der Waals surface area contributed by atoms with E-state index in [0.29, 0.717) is 29.4 Å². The highest BCUT2D eigenvalue weighted by Crippen LogP contribution is 2.52. The molecule has 7 rings (SSSR count). The summed E-state index contributed by atoms with van der Waals surface area (Å²) in [6, 6.07) is 32.6. The van der Waals surface area contributed by atoms with Gasteiger partial charge in [-0.05, 0) is 72.7 Å². The predicted molar refractivity (Wildman–Crippen MR) is 160 cm³/mol. The number of halogens is 1. The van der Waals surface area contributed by atoms with Crippen molar-refractivity contribution in [2.24, 2.45) is 5.41 Å². The molecule has 0 unspecified atom stereocenters. The van der Waals surface area contributed by atoms with E-state index in [1.165, 1.54) is 15.4 Å². The van der Waals surface area contributed by atoms with Crippen molar-refractivity contribution < 1.29 is 14.4 Å². The van der Waals surface area contributed by atoms with Gasteiger partial charge in [0.05, 0.1) is 17.4 Å². The second kappa shape index (κ2) is 9.89. The van der Waals surface area contributed by atoms with Gasteiger partial charge in [0, 0.05) is 17.3 Å². The zero-order valence-electron chi connectivity index (χ0n) is 22.3. The summed E-state index contributed by atoms with van der Waals surface area (Å²) >= 11 is 6.47. The van der Waals surface area contributed by atoms with Crippen LogP contribution < -0.4 is 14.7 Å². The molecule has 7 heteroatoms. The van der Waals surface area contributed by atoms with Gasteiger partial charge in [-0.2, -0.15) is 0 Å². The van der Waals surface area contributed by atoms with Crippen molar-refractivity contribution in [1.82, 2.24) is 0 Å². The first kappa shape index (κ1) is 25.5. The number of para-hydroxylation sites is 2. The van der Waals surface area contributed by atoms with Crippen molar-refractivity contribution in [2.75, 3.05) is 21.2 Å². The van der Waals surface area contributed by atoms with Gasteiger partial charge >= 0.3 is 6.03 Å². The number of barbiturate groups is 1. The van der Waals surface area contributed by atoms with E-state index >= 15 is 0 Å². The molecule has 4 amide bonds. The number of benzene rings is 4. The zero-order valence-corrected chi connectivity index (χ0v) is 23.1. The lowest BCUT2D eigenvalue weighted by Gasteiger charge is -2.56. The van der Waals surface area contributed by atoms with E-state index < -0.39 is 29.3 Å². The molecule has 0 aliphatic carbocycles. The van der Waals surface area contributed by atoms with Gasteiger partial charge in [-0.15, -0.1) is 0 Å². The molecule has 0 radical (unpaired) electrons. The molecule has 2 saturated heterocycles. The molecule has 3 aliphatic rings. The summed E-state index contributed by atoms with van der Waals surface area (Å²) in [4.78, 5) is 48.5. The summed E-state index contributed by atoms with van der Waals surface area (Å²) in [5.74, 6) is -0.797. The van der Waals surface area contributed by atoms with Crippen molar-refractivity contribution in [1.29, 1.82) is 0 Å². The number of rotatable bonds is 3. The number of urea groups is 1. The lowest BCUT2D eigenvalue weighted by Crippen LogP contribution is -2.74. The molecule has 41 heavy (non-hydrogen) atoms. The number of carbonyl (C=O) groups is 3. The highest BCUT2D eigenvalue weighted by molar-refractivity contribution is 6.39. The lowest BCUT2D eigenvalue weighted by molar-refractivity contribution is -0.143. The highest BCUT2D eigenvalue weighted by Gasteiger charge is 2.65. The van der Waals surface area contributed by atoms with E-state index in [1.807, 2.05) is 42.5 Å². The normalized spacial score (nSPS) is 21.6. The average molecular weight is 562 g/mol. The first-order chi connectivity index (χ1) is 20.0. The monoisotopic (exact) mass is 561 g/mol. The molecule has 3 aliphatic heterocycles. The summed E-state index contributed by atoms with van der Waals surface area (Å²) in [7, 11) is 0. The van der Waals surface area contributed by atoms with Crippen LogP contribution in [-0.2, 0) is 16.0 Å². The molecule has 0 saturated carbocycles. The number of fused-ring (bicyclic) bond motifs is 4. The molecule has 4 aromatic rings. The number of amides is 4. The minimum absolute atomic E-state index is 0.156. The summed E-state index contributed by atoms with van der Waals surface area (Å²) in [5.41, 5.74) is 2.38. The Kier molecular flexibility index (Phi) is 6.16. The fourth-order valence-corrected chi connectivity index (χ4v) is 7.10. The zero-order chi connectivity index (χ0) is 28.1. The fourth-order valence-electron chi connectivity index (χ4n) is 6.93. The second-order valence-electron chi connectivity index (χ2n) is 11.0. The summed E-state index contributed by atoms with van der Waals surface area (Å²) in [5, 5.41) is 0.608. The van der Waals surface area contributed by atoms with E-state index in [0.717, 1.165) is 17.7 Å². The smallest absolute Gasteiger partial charge is 0.342 e. The van der Waals surface area contributed by atoms with Gasteiger partial charge in [0.25, 0.3) is 11.8 Å². The Morgan fingerprint density at radius 1 is 0.707 bits per heavy atom. The predicted octanol–water partition coefficient (Wildman–Crippen LogP) is 6.84. The minimum atomic E-state index is -1.52. The Morgan fingerprint density at radius 2 is 1.27 bits per heavy atom. The van der Waals surface area contributed by atoms with Gasteiger partial charge in [-0.1, -0.05) is 84.4 Å². The Bertz CT molecular complexity index is 1580. The average Bonchev–Trinajstić information content (AvgIpc) is 3.01. The molecule has 3 heterocycles. The van der Waals surface area contributed by atoms with Crippen LogP contribution in [0.4, 0.5) is 21.9 Å². The van der Waals surface area contributed by atoms with Gasteiger partial charge in [-0.3, -0.25) is 9.59 Å². The van der Waals surface area contributed by atoms with Crippen LogP contribution in [0.15, 0.2) is 109 Å². The number of hydrogen-bond acceptors (Lipinski definition) is 4. The van der Waals surface area contributed by atoms with Gasteiger partial charge < -0.3 is 4.90 Å². The quantitative estimate of drug-likeness (QED) is 0.257. The number of hydrogen-bond donors (Lipinski definition) is 0. The van der Waals surface area contributed by atoms with Crippen molar-refractivity contribution in [3.05, 3.63) is 125 Å². The van der Waals surface area contributed by atoms with Gasteiger partial charge in [0.2, 0.25) is 0 Å². The van der Waals surface area contributed by atoms with Crippen LogP contribution in [0, 0.1) is 5.41 Å². The third-order valence-electron chi connectivity index (χ3n) is 8.85. The summed E-state index contributed by atoms with van der Waals surface area (Å²) in [6.07, 6.45) is 1.64. The lowest BCUT2D eigenvalue weighted by atomic mass is 9.63. The van der Waals surface area contributed by atoms with Crippen LogP contribution in [-0.4, -0.2) is 30.4 Å². The van der Waals surface area contributed by atoms with Gasteiger partial charge in [-0.25, -0.2) is 14.6 Å². The third kappa shape index (κ3) is 3.97. The summed E-state index contributed by atoms with van der Waals surface area (Å²) in [6.45, 7) is 0.657. The molecule has 0 aromatic heterocycles. The van der Waals surface area contributed by atoms with Crippen LogP contribution in [0.2, 0.25) is 5.02 Å². The first-order valence-electron chi connectivity index (χ1n) is 13.9. The molecule has 0 N–H and O–H groups in total. The number of anilines is 3. The summed E-state index contributed by atoms with van der Waals surface area (Å²) < 4.78 is 0. The van der Waals surface area contributed by atoms with Crippen LogP contribution >= 0.6 is 11.6 Å². The molecular weight excluding hydrogens is 534 g/mol. The van der Waals surface area contributed by atoms with Crippen LogP contribution in [0.1, 0.15) is 29.9 Å². The molecule has 6 nitrogen and oxygen atoms in total.